The van der Waals surface area contributed by atoms with Gasteiger partial charge in [-0.1, -0.05) is 56.7 Å². The van der Waals surface area contributed by atoms with Gasteiger partial charge in [-0.2, -0.15) is 0 Å². The maximum Gasteiger partial charge on any atom is 0.336 e. The lowest BCUT2D eigenvalue weighted by molar-refractivity contribution is 0.0696. The van der Waals surface area contributed by atoms with E-state index in [2.05, 4.69) is 31.4 Å². The molecule has 0 atom stereocenters. The topological polar surface area (TPSA) is 87.7 Å². The summed E-state index contributed by atoms with van der Waals surface area (Å²) in [6.45, 7) is 9.86. The van der Waals surface area contributed by atoms with E-state index in [4.69, 9.17) is 4.74 Å². The first-order valence-electron chi connectivity index (χ1n) is 10.3. The van der Waals surface area contributed by atoms with Crippen LogP contribution < -0.4 is 15.4 Å². The van der Waals surface area contributed by atoms with Gasteiger partial charge in [0.2, 0.25) is 0 Å². The van der Waals surface area contributed by atoms with E-state index in [0.29, 0.717) is 28.4 Å². The summed E-state index contributed by atoms with van der Waals surface area (Å²) in [6, 6.07) is 17.6. The van der Waals surface area contributed by atoms with Crippen LogP contribution in [0.3, 0.4) is 0 Å². The van der Waals surface area contributed by atoms with Crippen LogP contribution in [0.25, 0.3) is 0 Å². The van der Waals surface area contributed by atoms with Crippen LogP contribution in [-0.4, -0.2) is 17.1 Å². The van der Waals surface area contributed by atoms with Crippen molar-refractivity contribution in [3.8, 4) is 11.5 Å². The smallest absolute Gasteiger partial charge is 0.336 e. The van der Waals surface area contributed by atoms with Gasteiger partial charge in [0.25, 0.3) is 0 Å². The van der Waals surface area contributed by atoms with Gasteiger partial charge in [0.1, 0.15) is 5.75 Å². The number of aryl methyl sites for hydroxylation is 1. The first kappa shape index (κ1) is 22.9. The first-order valence-corrected chi connectivity index (χ1v) is 10.3. The van der Waals surface area contributed by atoms with Crippen molar-refractivity contribution in [3.05, 3.63) is 82.9 Å². The van der Waals surface area contributed by atoms with Crippen molar-refractivity contribution in [3.63, 3.8) is 0 Å². The number of rotatable bonds is 5. The number of carboxylic acid groups (broad SMARTS) is 1. The quantitative estimate of drug-likeness (QED) is 0.417. The molecule has 32 heavy (non-hydrogen) atoms. The Kier molecular flexibility index (Phi) is 6.53. The summed E-state index contributed by atoms with van der Waals surface area (Å²) in [7, 11) is 0. The maximum absolute atomic E-state index is 12.7. The summed E-state index contributed by atoms with van der Waals surface area (Å²) in [6.07, 6.45) is 0. The van der Waals surface area contributed by atoms with E-state index in [1.807, 2.05) is 43.3 Å². The van der Waals surface area contributed by atoms with Crippen LogP contribution in [0.2, 0.25) is 0 Å². The normalized spacial score (nSPS) is 11.0. The molecule has 0 aliphatic carbocycles. The Morgan fingerprint density at radius 1 is 0.844 bits per heavy atom. The summed E-state index contributed by atoms with van der Waals surface area (Å²) < 4.78 is 6.21. The highest BCUT2D eigenvalue weighted by Gasteiger charge is 2.22. The van der Waals surface area contributed by atoms with Gasteiger partial charge >= 0.3 is 12.0 Å². The van der Waals surface area contributed by atoms with Crippen molar-refractivity contribution in [2.75, 3.05) is 10.6 Å². The molecule has 3 aromatic rings. The molecule has 166 valence electrons. The number of hydrogen-bond donors (Lipinski definition) is 3. The third-order valence-corrected chi connectivity index (χ3v) is 5.12. The van der Waals surface area contributed by atoms with Crippen molar-refractivity contribution in [2.24, 2.45) is 0 Å². The molecule has 0 aromatic heterocycles. The number of amides is 2. The Bertz CT molecular complexity index is 1150. The molecule has 3 rings (SSSR count). The first-order chi connectivity index (χ1) is 15.1. The number of carbonyl (C=O) groups is 2. The van der Waals surface area contributed by atoms with Crippen LogP contribution in [0.4, 0.5) is 16.2 Å². The van der Waals surface area contributed by atoms with Crippen LogP contribution in [0, 0.1) is 13.8 Å². The van der Waals surface area contributed by atoms with Gasteiger partial charge < -0.3 is 20.5 Å². The Morgan fingerprint density at radius 2 is 1.50 bits per heavy atom. The highest BCUT2D eigenvalue weighted by atomic mass is 16.5. The predicted molar refractivity (Wildman–Crippen MR) is 127 cm³/mol. The average Bonchev–Trinajstić information content (AvgIpc) is 2.72. The third-order valence-electron chi connectivity index (χ3n) is 5.12. The van der Waals surface area contributed by atoms with Gasteiger partial charge in [0, 0.05) is 11.3 Å². The Morgan fingerprint density at radius 3 is 2.12 bits per heavy atom. The van der Waals surface area contributed by atoms with E-state index in [0.717, 1.165) is 11.1 Å². The van der Waals surface area contributed by atoms with Crippen molar-refractivity contribution < 1.29 is 19.4 Å². The number of ether oxygens (including phenoxy) is 1. The fourth-order valence-corrected chi connectivity index (χ4v) is 3.37. The molecule has 6 heteroatoms. The summed E-state index contributed by atoms with van der Waals surface area (Å²) in [4.78, 5) is 24.4. The standard InChI is InChI=1S/C26H28N2O4/c1-16-10-12-18(13-11-16)27-25(31)28-23-17(2)19(24(29)30)14-15-22(23)32-21-9-7-6-8-20(21)26(3,4)5/h6-15H,1-5H3,(H,29,30)(H2,27,28,31). The van der Waals surface area contributed by atoms with Crippen LogP contribution >= 0.6 is 0 Å². The molecular formula is C26H28N2O4. The monoisotopic (exact) mass is 432 g/mol. The number of para-hydroxylation sites is 1. The number of nitrogens with one attached hydrogen (secondary N) is 2. The van der Waals surface area contributed by atoms with Crippen molar-refractivity contribution in [1.82, 2.24) is 0 Å². The largest absolute Gasteiger partial charge is 0.478 e. The van der Waals surface area contributed by atoms with Gasteiger partial charge in [0.15, 0.2) is 5.75 Å². The van der Waals surface area contributed by atoms with Crippen LogP contribution in [0.1, 0.15) is 47.8 Å². The van der Waals surface area contributed by atoms with E-state index in [-0.39, 0.29) is 11.0 Å². The fourth-order valence-electron chi connectivity index (χ4n) is 3.37. The molecule has 0 bridgehead atoms. The number of benzene rings is 3. The lowest BCUT2D eigenvalue weighted by Gasteiger charge is -2.24. The summed E-state index contributed by atoms with van der Waals surface area (Å²) >= 11 is 0. The van der Waals surface area contributed by atoms with Gasteiger partial charge in [-0.25, -0.2) is 9.59 Å². The number of carboxylic acids is 1. The molecule has 3 aromatic carbocycles. The Labute approximate surface area is 188 Å². The Balaban J connectivity index is 1.97. The van der Waals surface area contributed by atoms with Crippen molar-refractivity contribution >= 4 is 23.4 Å². The van der Waals surface area contributed by atoms with Gasteiger partial charge in [-0.15, -0.1) is 0 Å². The second kappa shape index (κ2) is 9.14. The van der Waals surface area contributed by atoms with Gasteiger partial charge in [-0.05, 0) is 55.2 Å². The van der Waals surface area contributed by atoms with Crippen LogP contribution in [0.5, 0.6) is 11.5 Å². The van der Waals surface area contributed by atoms with E-state index in [1.165, 1.54) is 6.07 Å². The zero-order chi connectivity index (χ0) is 23.5. The van der Waals surface area contributed by atoms with Gasteiger partial charge in [0.05, 0.1) is 11.3 Å². The molecule has 0 unspecified atom stereocenters. The highest BCUT2D eigenvalue weighted by Crippen LogP contribution is 2.38. The highest BCUT2D eigenvalue weighted by molar-refractivity contribution is 6.03. The molecule has 0 saturated heterocycles. The third kappa shape index (κ3) is 5.27. The number of hydrogen-bond acceptors (Lipinski definition) is 3. The molecular weight excluding hydrogens is 404 g/mol. The second-order valence-corrected chi connectivity index (χ2v) is 8.71. The van der Waals surface area contributed by atoms with Crippen molar-refractivity contribution in [2.45, 2.75) is 40.0 Å². The number of anilines is 2. The van der Waals surface area contributed by atoms with E-state index < -0.39 is 12.0 Å². The molecule has 2 amide bonds. The molecule has 0 radical (unpaired) electrons. The molecule has 3 N–H and O–H groups in total. The number of urea groups is 1. The minimum Gasteiger partial charge on any atom is -0.478 e. The molecule has 6 nitrogen and oxygen atoms in total. The second-order valence-electron chi connectivity index (χ2n) is 8.71. The molecule has 0 aliphatic heterocycles. The lowest BCUT2D eigenvalue weighted by atomic mass is 9.86. The van der Waals surface area contributed by atoms with E-state index in [9.17, 15) is 14.7 Å². The molecule has 0 heterocycles. The molecule has 0 spiro atoms. The molecule has 0 fully saturated rings. The fraction of sp³-hybridized carbons (Fsp3) is 0.231. The number of aromatic carboxylic acids is 1. The zero-order valence-electron chi connectivity index (χ0n) is 18.9. The van der Waals surface area contributed by atoms with Crippen LogP contribution in [-0.2, 0) is 5.41 Å². The SMILES string of the molecule is Cc1ccc(NC(=O)Nc2c(Oc3ccccc3C(C)(C)C)ccc(C(=O)O)c2C)cc1. The summed E-state index contributed by atoms with van der Waals surface area (Å²) in [5, 5.41) is 15.1. The Hall–Kier alpha value is -3.80. The maximum atomic E-state index is 12.7. The zero-order valence-corrected chi connectivity index (χ0v) is 18.9. The van der Waals surface area contributed by atoms with Crippen molar-refractivity contribution in [1.29, 1.82) is 0 Å². The summed E-state index contributed by atoms with van der Waals surface area (Å²) in [5.41, 5.74) is 3.33. The molecule has 0 saturated carbocycles. The minimum absolute atomic E-state index is 0.0899. The lowest BCUT2D eigenvalue weighted by Crippen LogP contribution is -2.21. The van der Waals surface area contributed by atoms with E-state index in [1.54, 1.807) is 25.1 Å². The molecule has 0 aliphatic rings. The van der Waals surface area contributed by atoms with Crippen LogP contribution in [0.15, 0.2) is 60.7 Å². The number of carbonyl (C=O) groups excluding carboxylic acids is 1. The average molecular weight is 433 g/mol. The van der Waals surface area contributed by atoms with E-state index >= 15 is 0 Å². The van der Waals surface area contributed by atoms with Gasteiger partial charge in [-0.3, -0.25) is 0 Å². The minimum atomic E-state index is -1.08. The summed E-state index contributed by atoms with van der Waals surface area (Å²) in [5.74, 6) is -0.0705. The predicted octanol–water partition coefficient (Wildman–Crippen LogP) is 6.74.